The van der Waals surface area contributed by atoms with Crippen LogP contribution in [-0.4, -0.2) is 39.0 Å². The van der Waals surface area contributed by atoms with Crippen molar-refractivity contribution in [2.75, 3.05) is 26.1 Å². The number of benzene rings is 1. The van der Waals surface area contributed by atoms with Crippen LogP contribution in [0.25, 0.3) is 0 Å². The maximum absolute atomic E-state index is 12.0. The summed E-state index contributed by atoms with van der Waals surface area (Å²) in [7, 11) is 3.13. The summed E-state index contributed by atoms with van der Waals surface area (Å²) in [4.78, 5) is 12.0. The van der Waals surface area contributed by atoms with Gasteiger partial charge in [0.1, 0.15) is 0 Å². The fraction of sp³-hybridized carbons (Fsp3) is 0.533. The third-order valence-corrected chi connectivity index (χ3v) is 3.52. The number of amides is 2. The van der Waals surface area contributed by atoms with Gasteiger partial charge in [0.25, 0.3) is 0 Å². The van der Waals surface area contributed by atoms with E-state index in [1.165, 1.54) is 0 Å². The standard InChI is InChI=1S/C15H22N2O4/c1-10(12-5-4-8-21-12)16-15(18)17-11-6-7-13(19-2)14(9-11)20-3/h6-7,9-10,12H,4-5,8H2,1-3H3,(H2,16,17,18). The molecule has 0 aromatic heterocycles. The molecular formula is C15H22N2O4. The van der Waals surface area contributed by atoms with Gasteiger partial charge in [0.2, 0.25) is 0 Å². The molecule has 6 nitrogen and oxygen atoms in total. The zero-order valence-electron chi connectivity index (χ0n) is 12.6. The van der Waals surface area contributed by atoms with Gasteiger partial charge in [0.15, 0.2) is 11.5 Å². The third kappa shape index (κ3) is 4.01. The van der Waals surface area contributed by atoms with Crippen molar-refractivity contribution in [1.29, 1.82) is 0 Å². The highest BCUT2D eigenvalue weighted by Gasteiger charge is 2.23. The minimum Gasteiger partial charge on any atom is -0.493 e. The Morgan fingerprint density at radius 2 is 2.10 bits per heavy atom. The summed E-state index contributed by atoms with van der Waals surface area (Å²) in [6, 6.07) is 4.95. The van der Waals surface area contributed by atoms with Gasteiger partial charge in [-0.05, 0) is 31.9 Å². The second-order valence-corrected chi connectivity index (χ2v) is 5.01. The normalized spacial score (nSPS) is 18.9. The number of hydrogen-bond acceptors (Lipinski definition) is 4. The first kappa shape index (κ1) is 15.4. The van der Waals surface area contributed by atoms with Gasteiger partial charge in [-0.1, -0.05) is 0 Å². The molecule has 1 aromatic rings. The van der Waals surface area contributed by atoms with Crippen molar-refractivity contribution in [1.82, 2.24) is 5.32 Å². The number of hydrogen-bond donors (Lipinski definition) is 2. The van der Waals surface area contributed by atoms with Crippen LogP contribution in [0, 0.1) is 0 Å². The summed E-state index contributed by atoms with van der Waals surface area (Å²) in [5.74, 6) is 1.19. The predicted molar refractivity (Wildman–Crippen MR) is 80.1 cm³/mol. The molecule has 1 saturated heterocycles. The maximum atomic E-state index is 12.0. The molecule has 1 heterocycles. The molecule has 1 aromatic carbocycles. The lowest BCUT2D eigenvalue weighted by Gasteiger charge is -2.20. The fourth-order valence-electron chi connectivity index (χ4n) is 2.38. The van der Waals surface area contributed by atoms with Crippen LogP contribution in [0.2, 0.25) is 0 Å². The maximum Gasteiger partial charge on any atom is 0.319 e. The molecule has 2 atom stereocenters. The molecule has 0 aliphatic carbocycles. The Morgan fingerprint density at radius 1 is 1.33 bits per heavy atom. The number of anilines is 1. The summed E-state index contributed by atoms with van der Waals surface area (Å²) in [6.45, 7) is 2.72. The minimum absolute atomic E-state index is 0.0207. The highest BCUT2D eigenvalue weighted by atomic mass is 16.5. The lowest BCUT2D eigenvalue weighted by atomic mass is 10.1. The van der Waals surface area contributed by atoms with Gasteiger partial charge in [-0.15, -0.1) is 0 Å². The van der Waals surface area contributed by atoms with E-state index < -0.39 is 0 Å². The van der Waals surface area contributed by atoms with E-state index in [-0.39, 0.29) is 18.2 Å². The van der Waals surface area contributed by atoms with Crippen molar-refractivity contribution in [3.8, 4) is 11.5 Å². The van der Waals surface area contributed by atoms with Crippen molar-refractivity contribution in [3.63, 3.8) is 0 Å². The molecule has 2 rings (SSSR count). The number of carbonyl (C=O) groups excluding carboxylic acids is 1. The van der Waals surface area contributed by atoms with Gasteiger partial charge in [-0.3, -0.25) is 0 Å². The van der Waals surface area contributed by atoms with E-state index >= 15 is 0 Å². The SMILES string of the molecule is COc1ccc(NC(=O)NC(C)C2CCCO2)cc1OC. The lowest BCUT2D eigenvalue weighted by Crippen LogP contribution is -2.42. The second-order valence-electron chi connectivity index (χ2n) is 5.01. The van der Waals surface area contributed by atoms with E-state index in [0.29, 0.717) is 17.2 Å². The largest absolute Gasteiger partial charge is 0.493 e. The van der Waals surface area contributed by atoms with E-state index in [4.69, 9.17) is 14.2 Å². The first-order valence-electron chi connectivity index (χ1n) is 7.05. The average Bonchev–Trinajstić information content (AvgIpc) is 3.01. The van der Waals surface area contributed by atoms with E-state index in [9.17, 15) is 4.79 Å². The number of ether oxygens (including phenoxy) is 3. The van der Waals surface area contributed by atoms with Crippen molar-refractivity contribution >= 4 is 11.7 Å². The minimum atomic E-state index is -0.259. The molecule has 2 unspecified atom stereocenters. The Balaban J connectivity index is 1.92. The zero-order chi connectivity index (χ0) is 15.2. The highest BCUT2D eigenvalue weighted by molar-refractivity contribution is 5.89. The molecule has 0 spiro atoms. The molecule has 2 N–H and O–H groups in total. The lowest BCUT2D eigenvalue weighted by molar-refractivity contribution is 0.0868. The highest BCUT2D eigenvalue weighted by Crippen LogP contribution is 2.29. The molecule has 0 bridgehead atoms. The first-order chi connectivity index (χ1) is 10.1. The Labute approximate surface area is 124 Å². The van der Waals surface area contributed by atoms with Crippen LogP contribution in [0.15, 0.2) is 18.2 Å². The third-order valence-electron chi connectivity index (χ3n) is 3.52. The zero-order valence-corrected chi connectivity index (χ0v) is 12.6. The quantitative estimate of drug-likeness (QED) is 0.875. The molecule has 2 amide bonds. The molecule has 0 saturated carbocycles. The molecule has 6 heteroatoms. The summed E-state index contributed by atoms with van der Waals surface area (Å²) in [5.41, 5.74) is 0.643. The van der Waals surface area contributed by atoms with Crippen LogP contribution in [0.1, 0.15) is 19.8 Å². The summed E-state index contributed by atoms with van der Waals surface area (Å²) in [6.07, 6.45) is 2.13. The Kier molecular flexibility index (Phi) is 5.27. The summed E-state index contributed by atoms with van der Waals surface area (Å²) in [5, 5.41) is 5.67. The van der Waals surface area contributed by atoms with Gasteiger partial charge in [-0.25, -0.2) is 4.79 Å². The molecule has 1 aliphatic heterocycles. The molecular weight excluding hydrogens is 272 g/mol. The van der Waals surface area contributed by atoms with Gasteiger partial charge < -0.3 is 24.8 Å². The average molecular weight is 294 g/mol. The molecule has 0 radical (unpaired) electrons. The predicted octanol–water partition coefficient (Wildman–Crippen LogP) is 2.39. The molecule has 21 heavy (non-hydrogen) atoms. The van der Waals surface area contributed by atoms with Crippen LogP contribution in [0.4, 0.5) is 10.5 Å². The van der Waals surface area contributed by atoms with Crippen molar-refractivity contribution in [3.05, 3.63) is 18.2 Å². The number of carbonyl (C=O) groups is 1. The van der Waals surface area contributed by atoms with Gasteiger partial charge in [-0.2, -0.15) is 0 Å². The van der Waals surface area contributed by atoms with Crippen LogP contribution < -0.4 is 20.1 Å². The van der Waals surface area contributed by atoms with Crippen LogP contribution >= 0.6 is 0 Å². The van der Waals surface area contributed by atoms with Crippen molar-refractivity contribution in [2.45, 2.75) is 31.9 Å². The summed E-state index contributed by atoms with van der Waals surface area (Å²) >= 11 is 0. The van der Waals surface area contributed by atoms with Crippen LogP contribution in [0.5, 0.6) is 11.5 Å². The van der Waals surface area contributed by atoms with Crippen LogP contribution in [-0.2, 0) is 4.74 Å². The molecule has 1 aliphatic rings. The van der Waals surface area contributed by atoms with Gasteiger partial charge >= 0.3 is 6.03 Å². The van der Waals surface area contributed by atoms with E-state index in [1.807, 2.05) is 6.92 Å². The van der Waals surface area contributed by atoms with Crippen LogP contribution in [0.3, 0.4) is 0 Å². The van der Waals surface area contributed by atoms with Gasteiger partial charge in [0, 0.05) is 18.4 Å². The number of rotatable bonds is 5. The molecule has 116 valence electrons. The smallest absolute Gasteiger partial charge is 0.319 e. The van der Waals surface area contributed by atoms with E-state index in [0.717, 1.165) is 19.4 Å². The second kappa shape index (κ2) is 7.17. The first-order valence-corrected chi connectivity index (χ1v) is 7.05. The Hall–Kier alpha value is -1.95. The van der Waals surface area contributed by atoms with E-state index in [1.54, 1.807) is 32.4 Å². The fourth-order valence-corrected chi connectivity index (χ4v) is 2.38. The van der Waals surface area contributed by atoms with Gasteiger partial charge in [0.05, 0.1) is 26.4 Å². The van der Waals surface area contributed by atoms with Crippen molar-refractivity contribution < 1.29 is 19.0 Å². The topological polar surface area (TPSA) is 68.8 Å². The number of methoxy groups -OCH3 is 2. The molecule has 1 fully saturated rings. The number of nitrogens with one attached hydrogen (secondary N) is 2. The monoisotopic (exact) mass is 294 g/mol. The Bertz CT molecular complexity index is 487. The Morgan fingerprint density at radius 3 is 2.71 bits per heavy atom. The van der Waals surface area contributed by atoms with Crippen molar-refractivity contribution in [2.24, 2.45) is 0 Å². The van der Waals surface area contributed by atoms with E-state index in [2.05, 4.69) is 10.6 Å². The summed E-state index contributed by atoms with van der Waals surface area (Å²) < 4.78 is 15.9. The number of urea groups is 1.